The molecule has 0 aliphatic rings. The summed E-state index contributed by atoms with van der Waals surface area (Å²) in [6.45, 7) is 0. The number of ether oxygens (including phenoxy) is 1. The first-order chi connectivity index (χ1) is 9.49. The molecule has 0 radical (unpaired) electrons. The first kappa shape index (κ1) is 15.2. The smallest absolute Gasteiger partial charge is 0.255 e. The fourth-order valence-electron chi connectivity index (χ4n) is 1.61. The summed E-state index contributed by atoms with van der Waals surface area (Å²) in [5, 5.41) is 3.59. The van der Waals surface area contributed by atoms with Gasteiger partial charge in [0, 0.05) is 26.1 Å². The number of carbonyl (C=O) groups excluding carboxylic acids is 1. The number of nitrogens with one attached hydrogen (secondary N) is 1. The molecule has 0 heterocycles. The van der Waals surface area contributed by atoms with Crippen molar-refractivity contribution in [1.29, 1.82) is 0 Å². The zero-order valence-corrected chi connectivity index (χ0v) is 13.5. The lowest BCUT2D eigenvalue weighted by molar-refractivity contribution is 0.102. The maximum atomic E-state index is 12.2. The van der Waals surface area contributed by atoms with E-state index in [0.717, 1.165) is 4.47 Å². The van der Waals surface area contributed by atoms with Crippen LogP contribution in [0, 0.1) is 0 Å². The van der Waals surface area contributed by atoms with Crippen molar-refractivity contribution in [2.45, 2.75) is 0 Å². The summed E-state index contributed by atoms with van der Waals surface area (Å²) in [6, 6.07) is 9.97. The molecule has 3 nitrogen and oxygen atoms in total. The quantitative estimate of drug-likeness (QED) is 0.819. The fraction of sp³-hybridized carbons (Fsp3) is 0.0714. The second kappa shape index (κ2) is 6.48. The molecule has 0 saturated carbocycles. The van der Waals surface area contributed by atoms with E-state index in [1.165, 1.54) is 0 Å². The van der Waals surface area contributed by atoms with Crippen LogP contribution in [0.5, 0.6) is 5.75 Å². The van der Waals surface area contributed by atoms with E-state index in [1.807, 2.05) is 0 Å². The molecule has 0 spiro atoms. The molecule has 104 valence electrons. The summed E-state index contributed by atoms with van der Waals surface area (Å²) < 4.78 is 5.87. The van der Waals surface area contributed by atoms with Crippen LogP contribution in [0.2, 0.25) is 10.0 Å². The molecule has 0 aromatic heterocycles. The second-order valence-corrected chi connectivity index (χ2v) is 5.69. The average Bonchev–Trinajstić information content (AvgIpc) is 2.40. The number of halogens is 3. The number of hydrogen-bond acceptors (Lipinski definition) is 2. The van der Waals surface area contributed by atoms with Gasteiger partial charge in [0.2, 0.25) is 0 Å². The van der Waals surface area contributed by atoms with Crippen LogP contribution in [0.4, 0.5) is 5.69 Å². The van der Waals surface area contributed by atoms with E-state index < -0.39 is 0 Å². The number of rotatable bonds is 3. The third kappa shape index (κ3) is 3.66. The molecule has 0 atom stereocenters. The van der Waals surface area contributed by atoms with Crippen LogP contribution in [0.25, 0.3) is 0 Å². The van der Waals surface area contributed by atoms with Crippen LogP contribution in [0.1, 0.15) is 10.4 Å². The molecule has 1 amide bonds. The van der Waals surface area contributed by atoms with Crippen LogP contribution in [0.15, 0.2) is 40.9 Å². The molecule has 0 fully saturated rings. The topological polar surface area (TPSA) is 38.3 Å². The number of methoxy groups -OCH3 is 1. The highest BCUT2D eigenvalue weighted by Gasteiger charge is 2.11. The normalized spacial score (nSPS) is 10.2. The van der Waals surface area contributed by atoms with E-state index in [9.17, 15) is 4.79 Å². The highest BCUT2D eigenvalue weighted by Crippen LogP contribution is 2.28. The zero-order valence-electron chi connectivity index (χ0n) is 10.4. The molecule has 0 aliphatic heterocycles. The largest absolute Gasteiger partial charge is 0.497 e. The van der Waals surface area contributed by atoms with Gasteiger partial charge in [-0.15, -0.1) is 0 Å². The third-order valence-corrected chi connectivity index (χ3v) is 3.67. The van der Waals surface area contributed by atoms with Gasteiger partial charge in [-0.25, -0.2) is 0 Å². The van der Waals surface area contributed by atoms with Crippen molar-refractivity contribution in [1.82, 2.24) is 0 Å². The van der Waals surface area contributed by atoms with Crippen LogP contribution >= 0.6 is 39.1 Å². The number of hydrogen-bond donors (Lipinski definition) is 1. The number of anilines is 1. The van der Waals surface area contributed by atoms with Crippen molar-refractivity contribution in [3.05, 3.63) is 56.5 Å². The van der Waals surface area contributed by atoms with Crippen molar-refractivity contribution in [3.8, 4) is 5.75 Å². The van der Waals surface area contributed by atoms with Crippen molar-refractivity contribution < 1.29 is 9.53 Å². The van der Waals surface area contributed by atoms with Gasteiger partial charge < -0.3 is 10.1 Å². The molecular weight excluding hydrogens is 365 g/mol. The summed E-state index contributed by atoms with van der Waals surface area (Å²) in [5.74, 6) is 0.343. The lowest BCUT2D eigenvalue weighted by Gasteiger charge is -2.10. The fourth-order valence-corrected chi connectivity index (χ4v) is 2.48. The van der Waals surface area contributed by atoms with Gasteiger partial charge in [0.05, 0.1) is 12.8 Å². The van der Waals surface area contributed by atoms with E-state index in [2.05, 4.69) is 21.2 Å². The Bertz CT molecular complexity index is 641. The third-order valence-electron chi connectivity index (χ3n) is 2.55. The van der Waals surface area contributed by atoms with Gasteiger partial charge in [0.1, 0.15) is 5.75 Å². The Labute approximate surface area is 135 Å². The number of amides is 1. The van der Waals surface area contributed by atoms with E-state index in [-0.39, 0.29) is 5.91 Å². The Kier molecular flexibility index (Phi) is 4.91. The summed E-state index contributed by atoms with van der Waals surface area (Å²) in [5.41, 5.74) is 0.989. The molecule has 6 heteroatoms. The first-order valence-corrected chi connectivity index (χ1v) is 7.15. The van der Waals surface area contributed by atoms with Gasteiger partial charge in [0.25, 0.3) is 5.91 Å². The summed E-state index contributed by atoms with van der Waals surface area (Å²) in [7, 11) is 1.56. The van der Waals surface area contributed by atoms with Crippen molar-refractivity contribution in [2.24, 2.45) is 0 Å². The predicted molar refractivity (Wildman–Crippen MR) is 85.1 cm³/mol. The minimum atomic E-state index is -0.302. The highest BCUT2D eigenvalue weighted by atomic mass is 79.9. The Balaban J connectivity index is 2.27. The Morgan fingerprint density at radius 2 is 1.80 bits per heavy atom. The lowest BCUT2D eigenvalue weighted by Crippen LogP contribution is -2.12. The van der Waals surface area contributed by atoms with Crippen LogP contribution in [-0.2, 0) is 0 Å². The molecule has 2 rings (SSSR count). The Morgan fingerprint density at radius 1 is 1.15 bits per heavy atom. The number of carbonyl (C=O) groups is 1. The maximum Gasteiger partial charge on any atom is 0.255 e. The zero-order chi connectivity index (χ0) is 14.7. The predicted octanol–water partition coefficient (Wildman–Crippen LogP) is 5.02. The summed E-state index contributed by atoms with van der Waals surface area (Å²) >= 11 is 15.1. The molecule has 1 N–H and O–H groups in total. The molecule has 0 aliphatic carbocycles. The molecule has 20 heavy (non-hydrogen) atoms. The summed E-state index contributed by atoms with van der Waals surface area (Å²) in [6.07, 6.45) is 0. The second-order valence-electron chi connectivity index (χ2n) is 3.96. The van der Waals surface area contributed by atoms with Gasteiger partial charge in [-0.1, -0.05) is 23.2 Å². The maximum absolute atomic E-state index is 12.2. The van der Waals surface area contributed by atoms with Gasteiger partial charge in [-0.3, -0.25) is 4.79 Å². The molecule has 2 aromatic rings. The molecule has 0 saturated heterocycles. The van der Waals surface area contributed by atoms with E-state index in [1.54, 1.807) is 43.5 Å². The van der Waals surface area contributed by atoms with Crippen molar-refractivity contribution in [3.63, 3.8) is 0 Å². The minimum absolute atomic E-state index is 0.302. The van der Waals surface area contributed by atoms with Crippen LogP contribution in [0.3, 0.4) is 0 Å². The minimum Gasteiger partial charge on any atom is -0.497 e. The van der Waals surface area contributed by atoms with Crippen LogP contribution < -0.4 is 10.1 Å². The van der Waals surface area contributed by atoms with E-state index in [0.29, 0.717) is 27.0 Å². The van der Waals surface area contributed by atoms with Gasteiger partial charge in [-0.05, 0) is 46.3 Å². The van der Waals surface area contributed by atoms with Gasteiger partial charge in [-0.2, -0.15) is 0 Å². The van der Waals surface area contributed by atoms with Crippen molar-refractivity contribution in [2.75, 3.05) is 12.4 Å². The van der Waals surface area contributed by atoms with Gasteiger partial charge >= 0.3 is 0 Å². The molecular formula is C14H10BrCl2NO2. The molecule has 0 bridgehead atoms. The Hall–Kier alpha value is -1.23. The van der Waals surface area contributed by atoms with E-state index in [4.69, 9.17) is 27.9 Å². The summed E-state index contributed by atoms with van der Waals surface area (Å²) in [4.78, 5) is 12.2. The van der Waals surface area contributed by atoms with Crippen LogP contribution in [-0.4, -0.2) is 13.0 Å². The molecule has 2 aromatic carbocycles. The first-order valence-electron chi connectivity index (χ1n) is 5.60. The van der Waals surface area contributed by atoms with Crippen molar-refractivity contribution >= 4 is 50.7 Å². The Morgan fingerprint density at radius 3 is 2.40 bits per heavy atom. The monoisotopic (exact) mass is 373 g/mol. The SMILES string of the molecule is COc1ccc(Br)c(NC(=O)c2cc(Cl)cc(Cl)c2)c1. The lowest BCUT2D eigenvalue weighted by atomic mass is 10.2. The van der Waals surface area contributed by atoms with E-state index >= 15 is 0 Å². The standard InChI is InChI=1S/C14H10BrCl2NO2/c1-20-11-2-3-12(15)13(7-11)18-14(19)8-4-9(16)6-10(17)5-8/h2-7H,1H3,(H,18,19). The van der Waals surface area contributed by atoms with Gasteiger partial charge in [0.15, 0.2) is 0 Å². The average molecular weight is 375 g/mol. The number of benzene rings is 2. The highest BCUT2D eigenvalue weighted by molar-refractivity contribution is 9.10. The molecule has 0 unspecified atom stereocenters.